The summed E-state index contributed by atoms with van der Waals surface area (Å²) in [7, 11) is 0. The molecule has 4 N–H and O–H groups in total. The molecule has 0 aliphatic heterocycles. The summed E-state index contributed by atoms with van der Waals surface area (Å²) < 4.78 is 5.48. The predicted molar refractivity (Wildman–Crippen MR) is 94.9 cm³/mol. The fourth-order valence-corrected chi connectivity index (χ4v) is 3.26. The molecule has 3 rings (SSSR count). The molecular formula is C19H21N3O3. The zero-order chi connectivity index (χ0) is 17.8. The Morgan fingerprint density at radius 1 is 1.00 bits per heavy atom. The summed E-state index contributed by atoms with van der Waals surface area (Å²) in [6.07, 6.45) is -0.578. The number of carbonyl (C=O) groups is 2. The number of primary amides is 1. The number of hydrogen-bond acceptors (Lipinski definition) is 4. The van der Waals surface area contributed by atoms with Crippen LogP contribution in [-0.2, 0) is 9.53 Å². The number of benzene rings is 2. The normalized spacial score (nSPS) is 12.4. The topological polar surface area (TPSA) is 98.6 Å². The molecule has 25 heavy (non-hydrogen) atoms. The third-order valence-corrected chi connectivity index (χ3v) is 4.34. The number of ether oxygens (including phenoxy) is 1. The summed E-state index contributed by atoms with van der Waals surface area (Å²) in [5.41, 5.74) is 15.3. The minimum atomic E-state index is -0.595. The van der Waals surface area contributed by atoms with Crippen LogP contribution in [0.4, 0.5) is 4.79 Å². The van der Waals surface area contributed by atoms with E-state index in [1.54, 1.807) is 0 Å². The maximum absolute atomic E-state index is 12.3. The number of nitrogens with zero attached hydrogens (tertiary/aromatic N) is 1. The SMILES string of the molecule is NCCN(CC(N)=O)C(=O)OCC1c2ccccc2-c2ccccc21. The Morgan fingerprint density at radius 2 is 1.56 bits per heavy atom. The monoisotopic (exact) mass is 339 g/mol. The van der Waals surface area contributed by atoms with E-state index in [0.29, 0.717) is 0 Å². The van der Waals surface area contributed by atoms with E-state index < -0.39 is 12.0 Å². The Morgan fingerprint density at radius 3 is 2.08 bits per heavy atom. The van der Waals surface area contributed by atoms with Gasteiger partial charge < -0.3 is 16.2 Å². The Hall–Kier alpha value is -2.86. The van der Waals surface area contributed by atoms with Crippen LogP contribution in [0.1, 0.15) is 17.0 Å². The van der Waals surface area contributed by atoms with Crippen molar-refractivity contribution >= 4 is 12.0 Å². The summed E-state index contributed by atoms with van der Waals surface area (Å²) in [6, 6.07) is 16.2. The van der Waals surface area contributed by atoms with Crippen molar-refractivity contribution in [1.82, 2.24) is 4.90 Å². The predicted octanol–water partition coefficient (Wildman–Crippen LogP) is 1.68. The second-order valence-corrected chi connectivity index (χ2v) is 5.98. The molecule has 1 aliphatic rings. The van der Waals surface area contributed by atoms with Gasteiger partial charge in [-0.3, -0.25) is 9.69 Å². The zero-order valence-corrected chi connectivity index (χ0v) is 13.9. The fraction of sp³-hybridized carbons (Fsp3) is 0.263. The molecule has 0 bridgehead atoms. The number of amides is 2. The Kier molecular flexibility index (Phi) is 5.00. The van der Waals surface area contributed by atoms with Crippen molar-refractivity contribution < 1.29 is 14.3 Å². The molecule has 0 aromatic heterocycles. The molecule has 1 aliphatic carbocycles. The highest BCUT2D eigenvalue weighted by atomic mass is 16.6. The minimum absolute atomic E-state index is 0.0235. The highest BCUT2D eigenvalue weighted by Gasteiger charge is 2.29. The van der Waals surface area contributed by atoms with E-state index in [0.717, 1.165) is 22.3 Å². The molecule has 2 aromatic rings. The van der Waals surface area contributed by atoms with E-state index in [2.05, 4.69) is 24.3 Å². The van der Waals surface area contributed by atoms with Crippen LogP contribution in [-0.4, -0.2) is 43.1 Å². The molecule has 0 spiro atoms. The first-order valence-corrected chi connectivity index (χ1v) is 8.20. The lowest BCUT2D eigenvalue weighted by molar-refractivity contribution is -0.118. The lowest BCUT2D eigenvalue weighted by Crippen LogP contribution is -2.41. The van der Waals surface area contributed by atoms with Gasteiger partial charge in [0.15, 0.2) is 0 Å². The molecule has 130 valence electrons. The van der Waals surface area contributed by atoms with Crippen LogP contribution in [0.15, 0.2) is 48.5 Å². The summed E-state index contributed by atoms with van der Waals surface area (Å²) in [5, 5.41) is 0. The Balaban J connectivity index is 1.77. The largest absolute Gasteiger partial charge is 0.448 e. The van der Waals surface area contributed by atoms with E-state index in [-0.39, 0.29) is 32.2 Å². The van der Waals surface area contributed by atoms with Crippen LogP contribution < -0.4 is 11.5 Å². The molecule has 6 nitrogen and oxygen atoms in total. The second kappa shape index (κ2) is 7.36. The maximum atomic E-state index is 12.3. The van der Waals surface area contributed by atoms with Crippen molar-refractivity contribution in [2.45, 2.75) is 5.92 Å². The quantitative estimate of drug-likeness (QED) is 0.836. The van der Waals surface area contributed by atoms with Gasteiger partial charge in [0.25, 0.3) is 0 Å². The van der Waals surface area contributed by atoms with Crippen LogP contribution in [0.3, 0.4) is 0 Å². The molecule has 2 amide bonds. The lowest BCUT2D eigenvalue weighted by atomic mass is 9.98. The van der Waals surface area contributed by atoms with E-state index in [1.807, 2.05) is 24.3 Å². The first-order chi connectivity index (χ1) is 12.1. The third kappa shape index (κ3) is 3.49. The molecule has 0 atom stereocenters. The molecular weight excluding hydrogens is 318 g/mol. The van der Waals surface area contributed by atoms with Gasteiger partial charge in [-0.1, -0.05) is 48.5 Å². The molecule has 0 radical (unpaired) electrons. The smallest absolute Gasteiger partial charge is 0.410 e. The number of hydrogen-bond donors (Lipinski definition) is 2. The molecule has 2 aromatic carbocycles. The Labute approximate surface area is 146 Å². The van der Waals surface area contributed by atoms with Gasteiger partial charge in [0.05, 0.1) is 0 Å². The van der Waals surface area contributed by atoms with Crippen LogP contribution in [0.2, 0.25) is 0 Å². The molecule has 0 fully saturated rings. The summed E-state index contributed by atoms with van der Waals surface area (Å²) in [6.45, 7) is 0.456. The van der Waals surface area contributed by atoms with Crippen molar-refractivity contribution in [3.05, 3.63) is 59.7 Å². The van der Waals surface area contributed by atoms with Crippen LogP contribution >= 0.6 is 0 Å². The number of nitrogens with two attached hydrogens (primary N) is 2. The molecule has 0 saturated carbocycles. The van der Waals surface area contributed by atoms with Crippen LogP contribution in [0.25, 0.3) is 11.1 Å². The van der Waals surface area contributed by atoms with Gasteiger partial charge in [-0.2, -0.15) is 0 Å². The maximum Gasteiger partial charge on any atom is 0.410 e. The number of rotatable bonds is 6. The number of fused-ring (bicyclic) bond motifs is 3. The summed E-state index contributed by atoms with van der Waals surface area (Å²) >= 11 is 0. The molecule has 6 heteroatoms. The zero-order valence-electron chi connectivity index (χ0n) is 13.9. The molecule has 0 heterocycles. The third-order valence-electron chi connectivity index (χ3n) is 4.34. The highest BCUT2D eigenvalue weighted by Crippen LogP contribution is 2.44. The van der Waals surface area contributed by atoms with Crippen molar-refractivity contribution in [3.63, 3.8) is 0 Å². The van der Waals surface area contributed by atoms with Crippen molar-refractivity contribution in [1.29, 1.82) is 0 Å². The average molecular weight is 339 g/mol. The van der Waals surface area contributed by atoms with E-state index in [9.17, 15) is 9.59 Å². The van der Waals surface area contributed by atoms with Gasteiger partial charge in [-0.15, -0.1) is 0 Å². The summed E-state index contributed by atoms with van der Waals surface area (Å²) in [5.74, 6) is -0.619. The van der Waals surface area contributed by atoms with Gasteiger partial charge in [-0.05, 0) is 22.3 Å². The fourth-order valence-electron chi connectivity index (χ4n) is 3.26. The average Bonchev–Trinajstić information content (AvgIpc) is 2.93. The first-order valence-electron chi connectivity index (χ1n) is 8.20. The first kappa shape index (κ1) is 17.0. The standard InChI is InChI=1S/C19H21N3O3/c20-9-10-22(11-18(21)23)19(24)25-12-17-15-7-3-1-5-13(15)14-6-2-4-8-16(14)17/h1-8,17H,9-12,20H2,(H2,21,23). The van der Waals surface area contributed by atoms with Gasteiger partial charge in [0, 0.05) is 19.0 Å². The van der Waals surface area contributed by atoms with Crippen LogP contribution in [0.5, 0.6) is 0 Å². The minimum Gasteiger partial charge on any atom is -0.448 e. The van der Waals surface area contributed by atoms with Crippen molar-refractivity contribution in [2.75, 3.05) is 26.2 Å². The van der Waals surface area contributed by atoms with E-state index in [4.69, 9.17) is 16.2 Å². The highest BCUT2D eigenvalue weighted by molar-refractivity contribution is 5.81. The van der Waals surface area contributed by atoms with Crippen LogP contribution in [0, 0.1) is 0 Å². The number of carbonyl (C=O) groups excluding carboxylic acids is 2. The second-order valence-electron chi connectivity index (χ2n) is 5.98. The molecule has 0 saturated heterocycles. The van der Waals surface area contributed by atoms with E-state index >= 15 is 0 Å². The molecule has 0 unspecified atom stereocenters. The Bertz CT molecular complexity index is 745. The summed E-state index contributed by atoms with van der Waals surface area (Å²) in [4.78, 5) is 24.6. The van der Waals surface area contributed by atoms with Gasteiger partial charge in [-0.25, -0.2) is 4.79 Å². The lowest BCUT2D eigenvalue weighted by Gasteiger charge is -2.21. The van der Waals surface area contributed by atoms with Gasteiger partial charge >= 0.3 is 6.09 Å². The van der Waals surface area contributed by atoms with Gasteiger partial charge in [0.2, 0.25) is 5.91 Å². The van der Waals surface area contributed by atoms with Crippen molar-refractivity contribution in [2.24, 2.45) is 11.5 Å². The van der Waals surface area contributed by atoms with Crippen molar-refractivity contribution in [3.8, 4) is 11.1 Å². The van der Waals surface area contributed by atoms with E-state index in [1.165, 1.54) is 4.90 Å². The van der Waals surface area contributed by atoms with Gasteiger partial charge in [0.1, 0.15) is 13.2 Å².